The molecule has 116 valence electrons. The van der Waals surface area contributed by atoms with Gasteiger partial charge in [0.25, 0.3) is 0 Å². The zero-order chi connectivity index (χ0) is 14.8. The van der Waals surface area contributed by atoms with E-state index in [0.29, 0.717) is 24.7 Å². The summed E-state index contributed by atoms with van der Waals surface area (Å²) in [7, 11) is 1.63. The number of ether oxygens (including phenoxy) is 1. The van der Waals surface area contributed by atoms with Crippen molar-refractivity contribution >= 4 is 11.4 Å². The molecule has 1 aromatic rings. The van der Waals surface area contributed by atoms with Gasteiger partial charge in [0.2, 0.25) is 0 Å². The maximum Gasteiger partial charge on any atom is 0.141 e. The molecule has 21 heavy (non-hydrogen) atoms. The average molecular weight is 293 g/mol. The smallest absolute Gasteiger partial charge is 0.141 e. The first-order valence-corrected chi connectivity index (χ1v) is 7.74. The number of alkyl halides is 1. The van der Waals surface area contributed by atoms with Gasteiger partial charge in [-0.1, -0.05) is 0 Å². The van der Waals surface area contributed by atoms with Crippen molar-refractivity contribution in [3.05, 3.63) is 18.2 Å². The summed E-state index contributed by atoms with van der Waals surface area (Å²) in [5.41, 5.74) is 7.81. The minimum Gasteiger partial charge on any atom is -0.495 e. The van der Waals surface area contributed by atoms with Crippen LogP contribution in [0.4, 0.5) is 15.8 Å². The van der Waals surface area contributed by atoms with E-state index in [1.807, 2.05) is 12.1 Å². The summed E-state index contributed by atoms with van der Waals surface area (Å²) >= 11 is 0. The number of rotatable bonds is 3. The number of hydrogen-bond donors (Lipinski definition) is 1. The first-order chi connectivity index (χ1) is 10.2. The molecule has 5 heteroatoms. The quantitative estimate of drug-likeness (QED) is 0.868. The molecule has 2 N–H and O–H groups in total. The molecule has 0 bridgehead atoms. The molecule has 0 saturated carbocycles. The van der Waals surface area contributed by atoms with Crippen LogP contribution in [0.3, 0.4) is 0 Å². The van der Waals surface area contributed by atoms with Gasteiger partial charge in [-0.05, 0) is 37.5 Å². The minimum atomic E-state index is -0.621. The van der Waals surface area contributed by atoms with Gasteiger partial charge >= 0.3 is 0 Å². The highest BCUT2D eigenvalue weighted by atomic mass is 19.1. The Balaban J connectivity index is 1.59. The number of methoxy groups -OCH3 is 1. The largest absolute Gasteiger partial charge is 0.495 e. The molecule has 2 heterocycles. The molecule has 4 nitrogen and oxygen atoms in total. The monoisotopic (exact) mass is 293 g/mol. The van der Waals surface area contributed by atoms with Crippen LogP contribution in [0.1, 0.15) is 19.3 Å². The number of likely N-dealkylation sites (tertiary alicyclic amines) is 1. The second kappa shape index (κ2) is 6.10. The van der Waals surface area contributed by atoms with Crippen LogP contribution in [-0.2, 0) is 0 Å². The van der Waals surface area contributed by atoms with E-state index in [4.69, 9.17) is 10.5 Å². The molecule has 2 aliphatic heterocycles. The minimum absolute atomic E-state index is 0.539. The standard InChI is InChI=1S/C16H24FN3O/c1-21-16-3-2-14(10-15(16)18)19-8-5-13(6-9-19)20-7-4-12(17)11-20/h2-3,10,12-13H,4-9,11,18H2,1H3/t12-/m1/s1. The molecule has 1 aromatic carbocycles. The SMILES string of the molecule is COc1ccc(N2CCC(N3CC[C@@H](F)C3)CC2)cc1N. The number of benzene rings is 1. The van der Waals surface area contributed by atoms with Crippen LogP contribution in [0.5, 0.6) is 5.75 Å². The second-order valence-corrected chi connectivity index (χ2v) is 6.03. The lowest BCUT2D eigenvalue weighted by Gasteiger charge is -2.37. The zero-order valence-corrected chi connectivity index (χ0v) is 12.6. The number of nitrogens with two attached hydrogens (primary N) is 1. The molecule has 2 aliphatic rings. The summed E-state index contributed by atoms with van der Waals surface area (Å²) < 4.78 is 18.5. The molecule has 1 atom stereocenters. The van der Waals surface area contributed by atoms with E-state index in [1.54, 1.807) is 7.11 Å². The van der Waals surface area contributed by atoms with Crippen molar-refractivity contribution in [1.82, 2.24) is 4.90 Å². The van der Waals surface area contributed by atoms with Crippen LogP contribution in [0.2, 0.25) is 0 Å². The molecule has 0 aromatic heterocycles. The normalized spacial score (nSPS) is 24.5. The van der Waals surface area contributed by atoms with E-state index < -0.39 is 6.17 Å². The third-order valence-corrected chi connectivity index (χ3v) is 4.72. The Morgan fingerprint density at radius 1 is 1.19 bits per heavy atom. The van der Waals surface area contributed by atoms with Crippen molar-refractivity contribution in [1.29, 1.82) is 0 Å². The topological polar surface area (TPSA) is 41.7 Å². The van der Waals surface area contributed by atoms with Crippen molar-refractivity contribution < 1.29 is 9.13 Å². The van der Waals surface area contributed by atoms with Gasteiger partial charge in [0, 0.05) is 37.9 Å². The Morgan fingerprint density at radius 3 is 2.52 bits per heavy atom. The predicted molar refractivity (Wildman–Crippen MR) is 83.7 cm³/mol. The van der Waals surface area contributed by atoms with E-state index in [2.05, 4.69) is 15.9 Å². The van der Waals surface area contributed by atoms with Gasteiger partial charge in [-0.3, -0.25) is 4.90 Å². The molecule has 3 rings (SSSR count). The lowest BCUT2D eigenvalue weighted by atomic mass is 10.0. The van der Waals surface area contributed by atoms with Crippen molar-refractivity contribution in [3.63, 3.8) is 0 Å². The molecule has 0 aliphatic carbocycles. The molecule has 0 radical (unpaired) electrons. The summed E-state index contributed by atoms with van der Waals surface area (Å²) in [6.07, 6.45) is 2.27. The number of anilines is 2. The van der Waals surface area contributed by atoms with Crippen molar-refractivity contribution in [2.75, 3.05) is 43.9 Å². The first kappa shape index (κ1) is 14.4. The fourth-order valence-electron chi connectivity index (χ4n) is 3.48. The summed E-state index contributed by atoms with van der Waals surface area (Å²) in [6.45, 7) is 3.55. The average Bonchev–Trinajstić information content (AvgIpc) is 2.94. The summed E-state index contributed by atoms with van der Waals surface area (Å²) in [5, 5.41) is 0. The van der Waals surface area contributed by atoms with Crippen molar-refractivity contribution in [2.24, 2.45) is 0 Å². The van der Waals surface area contributed by atoms with Gasteiger partial charge in [0.15, 0.2) is 0 Å². The number of hydrogen-bond acceptors (Lipinski definition) is 4. The van der Waals surface area contributed by atoms with E-state index in [-0.39, 0.29) is 0 Å². The van der Waals surface area contributed by atoms with Crippen LogP contribution in [0, 0.1) is 0 Å². The first-order valence-electron chi connectivity index (χ1n) is 7.74. The third-order valence-electron chi connectivity index (χ3n) is 4.72. The van der Waals surface area contributed by atoms with E-state index >= 15 is 0 Å². The molecule has 0 unspecified atom stereocenters. The Labute approximate surface area is 125 Å². The molecular formula is C16H24FN3O. The number of nitrogens with zero attached hydrogens (tertiary/aromatic N) is 2. The van der Waals surface area contributed by atoms with Crippen LogP contribution in [0.15, 0.2) is 18.2 Å². The maximum absolute atomic E-state index is 13.3. The predicted octanol–water partition coefficient (Wildman–Crippen LogP) is 2.29. The van der Waals surface area contributed by atoms with Crippen LogP contribution < -0.4 is 15.4 Å². The highest BCUT2D eigenvalue weighted by Gasteiger charge is 2.30. The van der Waals surface area contributed by atoms with Crippen LogP contribution in [0.25, 0.3) is 0 Å². The fourth-order valence-corrected chi connectivity index (χ4v) is 3.48. The Morgan fingerprint density at radius 2 is 1.95 bits per heavy atom. The van der Waals surface area contributed by atoms with Crippen molar-refractivity contribution in [2.45, 2.75) is 31.5 Å². The molecule has 2 fully saturated rings. The van der Waals surface area contributed by atoms with Gasteiger partial charge in [0.1, 0.15) is 11.9 Å². The van der Waals surface area contributed by atoms with Gasteiger partial charge < -0.3 is 15.4 Å². The molecular weight excluding hydrogens is 269 g/mol. The Kier molecular flexibility index (Phi) is 4.19. The maximum atomic E-state index is 13.3. The van der Waals surface area contributed by atoms with Gasteiger partial charge in [-0.15, -0.1) is 0 Å². The molecule has 2 saturated heterocycles. The number of nitrogen functional groups attached to an aromatic ring is 1. The number of halogens is 1. The Bertz CT molecular complexity index is 488. The van der Waals surface area contributed by atoms with Gasteiger partial charge in [0.05, 0.1) is 12.8 Å². The van der Waals surface area contributed by atoms with E-state index in [1.165, 1.54) is 0 Å². The highest BCUT2D eigenvalue weighted by molar-refractivity contribution is 5.63. The van der Waals surface area contributed by atoms with Gasteiger partial charge in [-0.25, -0.2) is 4.39 Å². The lowest BCUT2D eigenvalue weighted by Crippen LogP contribution is -2.44. The summed E-state index contributed by atoms with van der Waals surface area (Å²) in [6, 6.07) is 6.50. The van der Waals surface area contributed by atoms with E-state index in [0.717, 1.165) is 43.9 Å². The summed E-state index contributed by atoms with van der Waals surface area (Å²) in [4.78, 5) is 4.68. The van der Waals surface area contributed by atoms with Crippen molar-refractivity contribution in [3.8, 4) is 5.75 Å². The highest BCUT2D eigenvalue weighted by Crippen LogP contribution is 2.30. The molecule has 0 spiro atoms. The number of piperidine rings is 1. The van der Waals surface area contributed by atoms with Crippen LogP contribution in [-0.4, -0.2) is 50.4 Å². The third kappa shape index (κ3) is 3.07. The van der Waals surface area contributed by atoms with Gasteiger partial charge in [-0.2, -0.15) is 0 Å². The van der Waals surface area contributed by atoms with E-state index in [9.17, 15) is 4.39 Å². The lowest BCUT2D eigenvalue weighted by molar-refractivity contribution is 0.192. The molecule has 0 amide bonds. The van der Waals surface area contributed by atoms with Crippen LogP contribution >= 0.6 is 0 Å². The Hall–Kier alpha value is -1.49. The summed E-state index contributed by atoms with van der Waals surface area (Å²) in [5.74, 6) is 0.722. The fraction of sp³-hybridized carbons (Fsp3) is 0.625. The second-order valence-electron chi connectivity index (χ2n) is 6.03. The zero-order valence-electron chi connectivity index (χ0n) is 12.6.